The minimum atomic E-state index is -0.271. The third-order valence-corrected chi connectivity index (χ3v) is 3.06. The highest BCUT2D eigenvalue weighted by Crippen LogP contribution is 2.30. The van der Waals surface area contributed by atoms with Crippen LogP contribution in [0, 0.1) is 11.7 Å². The van der Waals surface area contributed by atoms with Crippen molar-refractivity contribution in [3.63, 3.8) is 0 Å². The standard InChI is InChI=1S/C13H18FNO/c1-9(15-2)11-5-6-12(14)13(7-11)16-8-10-3-4-10/h5-7,9-10,15H,3-4,8H2,1-2H3. The summed E-state index contributed by atoms with van der Waals surface area (Å²) in [5, 5.41) is 3.13. The van der Waals surface area contributed by atoms with Crippen molar-refractivity contribution in [3.05, 3.63) is 29.6 Å². The SMILES string of the molecule is CNC(C)c1ccc(F)c(OCC2CC2)c1. The van der Waals surface area contributed by atoms with E-state index in [9.17, 15) is 4.39 Å². The molecular formula is C13H18FNO. The predicted molar refractivity (Wildman–Crippen MR) is 62.1 cm³/mol. The second kappa shape index (κ2) is 4.83. The normalized spacial score (nSPS) is 17.2. The van der Waals surface area contributed by atoms with Gasteiger partial charge < -0.3 is 10.1 Å². The smallest absolute Gasteiger partial charge is 0.165 e. The lowest BCUT2D eigenvalue weighted by atomic mass is 10.1. The van der Waals surface area contributed by atoms with Crippen molar-refractivity contribution >= 4 is 0 Å². The number of hydrogen-bond donors (Lipinski definition) is 1. The first-order chi connectivity index (χ1) is 7.70. The molecule has 1 atom stereocenters. The molecule has 1 unspecified atom stereocenters. The molecule has 2 nitrogen and oxygen atoms in total. The number of ether oxygens (including phenoxy) is 1. The van der Waals surface area contributed by atoms with Gasteiger partial charge in [0.1, 0.15) is 0 Å². The van der Waals surface area contributed by atoms with Crippen LogP contribution in [0.4, 0.5) is 4.39 Å². The minimum Gasteiger partial charge on any atom is -0.490 e. The Bertz CT molecular complexity index is 363. The summed E-state index contributed by atoms with van der Waals surface area (Å²) >= 11 is 0. The van der Waals surface area contributed by atoms with Crippen molar-refractivity contribution < 1.29 is 9.13 Å². The van der Waals surface area contributed by atoms with Crippen molar-refractivity contribution in [1.82, 2.24) is 5.32 Å². The average Bonchev–Trinajstić information content (AvgIpc) is 3.11. The maximum Gasteiger partial charge on any atom is 0.165 e. The van der Waals surface area contributed by atoms with E-state index >= 15 is 0 Å². The van der Waals surface area contributed by atoms with Crippen LogP contribution in [0.25, 0.3) is 0 Å². The summed E-state index contributed by atoms with van der Waals surface area (Å²) < 4.78 is 19.0. The van der Waals surface area contributed by atoms with Gasteiger partial charge in [-0.1, -0.05) is 6.07 Å². The molecule has 16 heavy (non-hydrogen) atoms. The van der Waals surface area contributed by atoms with Crippen LogP contribution < -0.4 is 10.1 Å². The van der Waals surface area contributed by atoms with Gasteiger partial charge in [-0.05, 0) is 50.4 Å². The molecule has 1 aliphatic rings. The zero-order valence-corrected chi connectivity index (χ0v) is 9.79. The monoisotopic (exact) mass is 223 g/mol. The van der Waals surface area contributed by atoms with E-state index in [1.54, 1.807) is 12.1 Å². The summed E-state index contributed by atoms with van der Waals surface area (Å²) in [5.41, 5.74) is 1.05. The minimum absolute atomic E-state index is 0.212. The highest BCUT2D eigenvalue weighted by molar-refractivity contribution is 5.32. The molecular weight excluding hydrogens is 205 g/mol. The maximum atomic E-state index is 13.5. The maximum absolute atomic E-state index is 13.5. The topological polar surface area (TPSA) is 21.3 Å². The van der Waals surface area contributed by atoms with Crippen LogP contribution in [0.5, 0.6) is 5.75 Å². The lowest BCUT2D eigenvalue weighted by Gasteiger charge is -2.13. The van der Waals surface area contributed by atoms with Crippen LogP contribution in [0.15, 0.2) is 18.2 Å². The largest absolute Gasteiger partial charge is 0.490 e. The summed E-state index contributed by atoms with van der Waals surface area (Å²) in [6, 6.07) is 5.27. The van der Waals surface area contributed by atoms with E-state index in [0.29, 0.717) is 18.3 Å². The van der Waals surface area contributed by atoms with Gasteiger partial charge in [0.2, 0.25) is 0 Å². The quantitative estimate of drug-likeness (QED) is 0.828. The summed E-state index contributed by atoms with van der Waals surface area (Å²) in [7, 11) is 1.89. The Kier molecular flexibility index (Phi) is 3.44. The van der Waals surface area contributed by atoms with Crippen LogP contribution in [-0.2, 0) is 0 Å². The first-order valence-corrected chi connectivity index (χ1v) is 5.80. The van der Waals surface area contributed by atoms with Gasteiger partial charge in [-0.15, -0.1) is 0 Å². The van der Waals surface area contributed by atoms with Crippen LogP contribution >= 0.6 is 0 Å². The molecule has 0 aliphatic heterocycles. The molecule has 2 rings (SSSR count). The van der Waals surface area contributed by atoms with Crippen LogP contribution in [0.1, 0.15) is 31.4 Å². The molecule has 0 aromatic heterocycles. The Labute approximate surface area is 95.8 Å². The highest BCUT2D eigenvalue weighted by atomic mass is 19.1. The molecule has 1 aromatic carbocycles. The van der Waals surface area contributed by atoms with Crippen LogP contribution in [-0.4, -0.2) is 13.7 Å². The molecule has 1 fully saturated rings. The van der Waals surface area contributed by atoms with Gasteiger partial charge in [0, 0.05) is 6.04 Å². The third kappa shape index (κ3) is 2.73. The molecule has 1 saturated carbocycles. The number of hydrogen-bond acceptors (Lipinski definition) is 2. The second-order valence-corrected chi connectivity index (χ2v) is 4.45. The summed E-state index contributed by atoms with van der Waals surface area (Å²) in [6.45, 7) is 2.69. The molecule has 0 saturated heterocycles. The predicted octanol–water partition coefficient (Wildman–Crippen LogP) is 2.89. The number of nitrogens with one attached hydrogen (secondary N) is 1. The molecule has 0 radical (unpaired) electrons. The molecule has 1 aromatic rings. The molecule has 0 spiro atoms. The summed E-state index contributed by atoms with van der Waals surface area (Å²) in [5.74, 6) is 0.754. The molecule has 1 aliphatic carbocycles. The Morgan fingerprint density at radius 2 is 2.25 bits per heavy atom. The van der Waals surface area contributed by atoms with Crippen molar-refractivity contribution in [2.45, 2.75) is 25.8 Å². The van der Waals surface area contributed by atoms with Gasteiger partial charge in [-0.3, -0.25) is 0 Å². The zero-order chi connectivity index (χ0) is 11.5. The van der Waals surface area contributed by atoms with Crippen LogP contribution in [0.3, 0.4) is 0 Å². The highest BCUT2D eigenvalue weighted by Gasteiger charge is 2.22. The van der Waals surface area contributed by atoms with E-state index < -0.39 is 0 Å². The van der Waals surface area contributed by atoms with Crippen LogP contribution in [0.2, 0.25) is 0 Å². The molecule has 3 heteroatoms. The van der Waals surface area contributed by atoms with Gasteiger partial charge in [0.05, 0.1) is 6.61 Å². The van der Waals surface area contributed by atoms with Gasteiger partial charge in [-0.2, -0.15) is 0 Å². The average molecular weight is 223 g/mol. The van der Waals surface area contributed by atoms with Crippen molar-refractivity contribution in [3.8, 4) is 5.75 Å². The molecule has 88 valence electrons. The van der Waals surface area contributed by atoms with Gasteiger partial charge in [-0.25, -0.2) is 4.39 Å². The van der Waals surface area contributed by atoms with Crippen molar-refractivity contribution in [2.75, 3.05) is 13.7 Å². The summed E-state index contributed by atoms with van der Waals surface area (Å²) in [4.78, 5) is 0. The fraction of sp³-hybridized carbons (Fsp3) is 0.538. The molecule has 0 amide bonds. The first-order valence-electron chi connectivity index (χ1n) is 5.80. The van der Waals surface area contributed by atoms with E-state index in [-0.39, 0.29) is 11.9 Å². The number of halogens is 1. The van der Waals surface area contributed by atoms with Crippen molar-refractivity contribution in [2.24, 2.45) is 5.92 Å². The third-order valence-electron chi connectivity index (χ3n) is 3.06. The fourth-order valence-electron chi connectivity index (χ4n) is 1.56. The lowest BCUT2D eigenvalue weighted by molar-refractivity contribution is 0.285. The molecule has 0 bridgehead atoms. The van der Waals surface area contributed by atoms with E-state index in [0.717, 1.165) is 5.56 Å². The molecule has 0 heterocycles. The first kappa shape index (κ1) is 11.4. The van der Waals surface area contributed by atoms with E-state index in [1.807, 2.05) is 14.0 Å². The van der Waals surface area contributed by atoms with E-state index in [4.69, 9.17) is 4.74 Å². The lowest BCUT2D eigenvalue weighted by Crippen LogP contribution is -2.12. The Morgan fingerprint density at radius 3 is 2.88 bits per heavy atom. The second-order valence-electron chi connectivity index (χ2n) is 4.45. The Morgan fingerprint density at radius 1 is 1.50 bits per heavy atom. The summed E-state index contributed by atoms with van der Waals surface area (Å²) in [6.07, 6.45) is 2.43. The Balaban J connectivity index is 2.07. The number of rotatable bonds is 5. The van der Waals surface area contributed by atoms with Gasteiger partial charge in [0.15, 0.2) is 11.6 Å². The number of benzene rings is 1. The van der Waals surface area contributed by atoms with Gasteiger partial charge >= 0.3 is 0 Å². The fourth-order valence-corrected chi connectivity index (χ4v) is 1.56. The Hall–Kier alpha value is -1.09. The van der Waals surface area contributed by atoms with Gasteiger partial charge in [0.25, 0.3) is 0 Å². The zero-order valence-electron chi connectivity index (χ0n) is 9.79. The van der Waals surface area contributed by atoms with Crippen molar-refractivity contribution in [1.29, 1.82) is 0 Å². The molecule has 1 N–H and O–H groups in total. The van der Waals surface area contributed by atoms with E-state index in [1.165, 1.54) is 18.9 Å². The van der Waals surface area contributed by atoms with E-state index in [2.05, 4.69) is 5.32 Å².